The van der Waals surface area contributed by atoms with Crippen LogP contribution in [0.1, 0.15) is 18.4 Å². The van der Waals surface area contributed by atoms with E-state index in [-0.39, 0.29) is 41.8 Å². The summed E-state index contributed by atoms with van der Waals surface area (Å²) in [7, 11) is -3.57. The Kier molecular flexibility index (Phi) is 4.98. The number of amides is 1. The Labute approximate surface area is 180 Å². The Morgan fingerprint density at radius 3 is 2.84 bits per heavy atom. The number of amidine groups is 1. The predicted octanol–water partition coefficient (Wildman–Crippen LogP) is 1.08. The summed E-state index contributed by atoms with van der Waals surface area (Å²) >= 11 is 0. The van der Waals surface area contributed by atoms with Gasteiger partial charge in [0.1, 0.15) is 0 Å². The molecule has 0 radical (unpaired) electrons. The average Bonchev–Trinajstić information content (AvgIpc) is 3.25. The lowest BCUT2D eigenvalue weighted by molar-refractivity contribution is -0.117. The molecule has 0 aromatic heterocycles. The molecule has 0 saturated carbocycles. The van der Waals surface area contributed by atoms with Crippen LogP contribution in [0.15, 0.2) is 46.5 Å². The Bertz CT molecular complexity index is 1100. The van der Waals surface area contributed by atoms with Crippen LogP contribution < -0.4 is 14.8 Å². The van der Waals surface area contributed by atoms with E-state index in [1.807, 2.05) is 18.2 Å². The third-order valence-corrected chi connectivity index (χ3v) is 7.27. The molecule has 4 heterocycles. The third-order valence-electron chi connectivity index (χ3n) is 6.12. The SMILES string of the molecule is O=C(NCC1(c2ccc3c(c2)OCO3)CCOCC1)C1=CC=CN2CCS(=O)(=O)N=C12. The van der Waals surface area contributed by atoms with E-state index >= 15 is 0 Å². The highest BCUT2D eigenvalue weighted by atomic mass is 32.2. The molecular weight excluding hydrogens is 422 g/mol. The van der Waals surface area contributed by atoms with Crippen LogP contribution in [0.5, 0.6) is 11.5 Å². The van der Waals surface area contributed by atoms with Gasteiger partial charge in [0.2, 0.25) is 6.79 Å². The van der Waals surface area contributed by atoms with Crippen molar-refractivity contribution < 1.29 is 27.4 Å². The van der Waals surface area contributed by atoms with Crippen LogP contribution >= 0.6 is 0 Å². The van der Waals surface area contributed by atoms with E-state index in [0.717, 1.165) is 18.4 Å². The van der Waals surface area contributed by atoms with Gasteiger partial charge < -0.3 is 24.4 Å². The Balaban J connectivity index is 1.39. The maximum Gasteiger partial charge on any atom is 0.256 e. The molecule has 5 rings (SSSR count). The highest BCUT2D eigenvalue weighted by molar-refractivity contribution is 7.90. The van der Waals surface area contributed by atoms with Crippen LogP contribution in [0.25, 0.3) is 0 Å². The number of nitrogens with zero attached hydrogens (tertiary/aromatic N) is 2. The summed E-state index contributed by atoms with van der Waals surface area (Å²) in [4.78, 5) is 14.8. The molecule has 164 valence electrons. The number of fused-ring (bicyclic) bond motifs is 2. The second-order valence-electron chi connectivity index (χ2n) is 7.96. The van der Waals surface area contributed by atoms with Crippen molar-refractivity contribution >= 4 is 21.8 Å². The predicted molar refractivity (Wildman–Crippen MR) is 112 cm³/mol. The minimum absolute atomic E-state index is 0.0665. The molecule has 1 N–H and O–H groups in total. The maximum absolute atomic E-state index is 13.1. The van der Waals surface area contributed by atoms with Gasteiger partial charge in [0.15, 0.2) is 17.3 Å². The number of nitrogens with one attached hydrogen (secondary N) is 1. The molecule has 1 aromatic rings. The molecule has 31 heavy (non-hydrogen) atoms. The van der Waals surface area contributed by atoms with Gasteiger partial charge in [-0.15, -0.1) is 4.40 Å². The molecule has 1 saturated heterocycles. The Hall–Kier alpha value is -2.85. The van der Waals surface area contributed by atoms with Crippen LogP contribution in [0.2, 0.25) is 0 Å². The number of benzene rings is 1. The van der Waals surface area contributed by atoms with Crippen LogP contribution in [0.3, 0.4) is 0 Å². The lowest BCUT2D eigenvalue weighted by Crippen LogP contribution is -2.47. The van der Waals surface area contributed by atoms with Crippen molar-refractivity contribution in [3.8, 4) is 11.5 Å². The van der Waals surface area contributed by atoms with E-state index in [1.165, 1.54) is 0 Å². The summed E-state index contributed by atoms with van der Waals surface area (Å²) in [5.41, 5.74) is 0.982. The summed E-state index contributed by atoms with van der Waals surface area (Å²) < 4.78 is 44.3. The average molecular weight is 445 g/mol. The summed E-state index contributed by atoms with van der Waals surface area (Å²) in [5.74, 6) is 1.17. The molecule has 1 aromatic carbocycles. The number of allylic oxidation sites excluding steroid dienone is 2. The fourth-order valence-corrected chi connectivity index (χ4v) is 5.28. The van der Waals surface area contributed by atoms with Gasteiger partial charge >= 0.3 is 0 Å². The first kappa shape index (κ1) is 20.1. The second kappa shape index (κ2) is 7.69. The number of carbonyl (C=O) groups excluding carboxylic acids is 1. The number of sulfonamides is 1. The van der Waals surface area contributed by atoms with Gasteiger partial charge in [0.05, 0.1) is 11.3 Å². The zero-order valence-corrected chi connectivity index (χ0v) is 17.7. The molecular formula is C21H23N3O6S. The fraction of sp³-hybridized carbons (Fsp3) is 0.429. The molecule has 4 aliphatic rings. The van der Waals surface area contributed by atoms with Crippen LogP contribution in [0.4, 0.5) is 0 Å². The summed E-state index contributed by atoms with van der Waals surface area (Å²) in [6.07, 6.45) is 6.55. The minimum atomic E-state index is -3.57. The highest BCUT2D eigenvalue weighted by Gasteiger charge is 2.37. The van der Waals surface area contributed by atoms with Crippen molar-refractivity contribution in [2.24, 2.45) is 4.40 Å². The molecule has 0 bridgehead atoms. The van der Waals surface area contributed by atoms with Crippen molar-refractivity contribution in [3.63, 3.8) is 0 Å². The lowest BCUT2D eigenvalue weighted by Gasteiger charge is -2.38. The van der Waals surface area contributed by atoms with Gasteiger partial charge in [-0.3, -0.25) is 4.79 Å². The molecule has 1 amide bonds. The van der Waals surface area contributed by atoms with Crippen molar-refractivity contribution in [2.75, 3.05) is 38.8 Å². The van der Waals surface area contributed by atoms with Gasteiger partial charge in [-0.05, 0) is 42.7 Å². The first-order valence-corrected chi connectivity index (χ1v) is 11.8. The first-order valence-electron chi connectivity index (χ1n) is 10.2. The van der Waals surface area contributed by atoms with Crippen molar-refractivity contribution in [3.05, 3.63) is 47.7 Å². The van der Waals surface area contributed by atoms with Gasteiger partial charge in [0, 0.05) is 37.9 Å². The topological polar surface area (TPSA) is 107 Å². The number of hydrogen-bond donors (Lipinski definition) is 1. The fourth-order valence-electron chi connectivity index (χ4n) is 4.29. The monoisotopic (exact) mass is 445 g/mol. The van der Waals surface area contributed by atoms with E-state index in [2.05, 4.69) is 9.71 Å². The van der Waals surface area contributed by atoms with Gasteiger partial charge in [-0.1, -0.05) is 6.07 Å². The van der Waals surface area contributed by atoms with E-state index < -0.39 is 10.0 Å². The molecule has 9 nitrogen and oxygen atoms in total. The van der Waals surface area contributed by atoms with Crippen molar-refractivity contribution in [2.45, 2.75) is 18.3 Å². The molecule has 0 unspecified atom stereocenters. The Morgan fingerprint density at radius 2 is 2.00 bits per heavy atom. The largest absolute Gasteiger partial charge is 0.454 e. The zero-order valence-electron chi connectivity index (χ0n) is 16.9. The first-order chi connectivity index (χ1) is 15.0. The normalized spacial score (nSPS) is 22.9. The second-order valence-corrected chi connectivity index (χ2v) is 9.71. The molecule has 0 aliphatic carbocycles. The van der Waals surface area contributed by atoms with Crippen LogP contribution in [0, 0.1) is 0 Å². The standard InChI is InChI=1S/C21H23N3O6S/c25-20(16-2-1-7-24-8-11-31(26,27)23-19(16)24)22-13-21(5-9-28-10-6-21)15-3-4-17-18(12-15)30-14-29-17/h1-4,7,12H,5-6,8-11,13-14H2,(H,22,25). The summed E-state index contributed by atoms with van der Waals surface area (Å²) in [5, 5.41) is 3.02. The van der Waals surface area contributed by atoms with Crippen molar-refractivity contribution in [1.82, 2.24) is 10.2 Å². The molecule has 10 heteroatoms. The van der Waals surface area contributed by atoms with Gasteiger partial charge in [-0.2, -0.15) is 0 Å². The van der Waals surface area contributed by atoms with Gasteiger partial charge in [-0.25, -0.2) is 8.42 Å². The highest BCUT2D eigenvalue weighted by Crippen LogP contribution is 2.40. The van der Waals surface area contributed by atoms with Crippen LogP contribution in [-0.4, -0.2) is 63.9 Å². The smallest absolute Gasteiger partial charge is 0.256 e. The number of carbonyl (C=O) groups is 1. The third kappa shape index (κ3) is 3.81. The summed E-state index contributed by atoms with van der Waals surface area (Å²) in [6.45, 7) is 2.05. The maximum atomic E-state index is 13.1. The van der Waals surface area contributed by atoms with E-state index in [4.69, 9.17) is 14.2 Å². The number of hydrogen-bond acceptors (Lipinski definition) is 7. The lowest BCUT2D eigenvalue weighted by atomic mass is 9.74. The number of rotatable bonds is 4. The van der Waals surface area contributed by atoms with Crippen molar-refractivity contribution in [1.29, 1.82) is 0 Å². The Morgan fingerprint density at radius 1 is 1.19 bits per heavy atom. The van der Waals surface area contributed by atoms with E-state index in [1.54, 1.807) is 23.3 Å². The summed E-state index contributed by atoms with van der Waals surface area (Å²) in [6, 6.07) is 5.87. The zero-order chi connectivity index (χ0) is 21.5. The molecule has 4 aliphatic heterocycles. The van der Waals surface area contributed by atoms with Crippen LogP contribution in [-0.2, 0) is 25.0 Å². The molecule has 0 spiro atoms. The quantitative estimate of drug-likeness (QED) is 0.739. The molecule has 1 fully saturated rings. The van der Waals surface area contributed by atoms with E-state index in [9.17, 15) is 13.2 Å². The van der Waals surface area contributed by atoms with Gasteiger partial charge in [0.25, 0.3) is 15.9 Å². The number of ether oxygens (including phenoxy) is 3. The molecule has 0 atom stereocenters. The van der Waals surface area contributed by atoms with E-state index in [0.29, 0.717) is 31.3 Å². The minimum Gasteiger partial charge on any atom is -0.454 e.